The van der Waals surface area contributed by atoms with Crippen LogP contribution in [0.1, 0.15) is 17.3 Å². The zero-order valence-corrected chi connectivity index (χ0v) is 12.6. The number of thioether (sulfide) groups is 1. The van der Waals surface area contributed by atoms with Crippen molar-refractivity contribution in [1.82, 2.24) is 9.55 Å². The largest absolute Gasteiger partial charge is 0.333 e. The first kappa shape index (κ1) is 13.7. The highest BCUT2D eigenvalue weighted by Crippen LogP contribution is 2.40. The fraction of sp³-hybridized carbons (Fsp3) is 0.308. The van der Waals surface area contributed by atoms with Crippen molar-refractivity contribution in [3.63, 3.8) is 0 Å². The van der Waals surface area contributed by atoms with Crippen molar-refractivity contribution in [1.29, 1.82) is 0 Å². The van der Waals surface area contributed by atoms with Gasteiger partial charge >= 0.3 is 0 Å². The van der Waals surface area contributed by atoms with E-state index >= 15 is 0 Å². The number of primary sulfonamides is 1. The third-order valence-electron chi connectivity index (χ3n) is 3.46. The smallest absolute Gasteiger partial charge is 0.257 e. The molecule has 0 fully saturated rings. The van der Waals surface area contributed by atoms with E-state index in [-0.39, 0.29) is 5.03 Å². The van der Waals surface area contributed by atoms with Crippen molar-refractivity contribution in [2.24, 2.45) is 5.14 Å². The molecule has 106 valence electrons. The Labute approximate surface area is 122 Å². The molecule has 0 aliphatic carbocycles. The highest BCUT2D eigenvalue weighted by Gasteiger charge is 2.24. The van der Waals surface area contributed by atoms with Crippen molar-refractivity contribution < 1.29 is 8.42 Å². The topological polar surface area (TPSA) is 78.0 Å². The van der Waals surface area contributed by atoms with E-state index in [0.717, 1.165) is 12.3 Å². The molecule has 5 nitrogen and oxygen atoms in total. The normalized spacial score (nSPS) is 18.2. The van der Waals surface area contributed by atoms with Gasteiger partial charge in [-0.15, -0.1) is 11.8 Å². The molecule has 2 heterocycles. The third-order valence-corrected chi connectivity index (χ3v) is 5.49. The molecule has 0 saturated heterocycles. The Morgan fingerprint density at radius 1 is 1.45 bits per heavy atom. The number of aryl methyl sites for hydroxylation is 1. The minimum Gasteiger partial charge on any atom is -0.333 e. The summed E-state index contributed by atoms with van der Waals surface area (Å²) in [6, 6.07) is 8.33. The molecular formula is C13H15N3O2S2. The third kappa shape index (κ3) is 2.48. The van der Waals surface area contributed by atoms with Gasteiger partial charge < -0.3 is 4.57 Å². The molecule has 0 saturated carbocycles. The second-order valence-corrected chi connectivity index (χ2v) is 7.44. The summed E-state index contributed by atoms with van der Waals surface area (Å²) >= 11 is 1.84. The van der Waals surface area contributed by atoms with Crippen LogP contribution >= 0.6 is 11.8 Å². The van der Waals surface area contributed by atoms with Gasteiger partial charge in [0.05, 0.1) is 0 Å². The molecule has 0 radical (unpaired) electrons. The summed E-state index contributed by atoms with van der Waals surface area (Å²) in [6.07, 6.45) is 1.52. The maximum Gasteiger partial charge on any atom is 0.257 e. The average Bonchev–Trinajstić information content (AvgIpc) is 2.95. The first-order valence-corrected chi connectivity index (χ1v) is 8.76. The molecule has 1 aliphatic heterocycles. The van der Waals surface area contributed by atoms with Gasteiger partial charge in [-0.25, -0.2) is 18.5 Å². The molecule has 1 aromatic carbocycles. The number of fused-ring (bicyclic) bond motifs is 1. The number of imidazole rings is 1. The second kappa shape index (κ2) is 4.91. The van der Waals surface area contributed by atoms with E-state index in [9.17, 15) is 8.42 Å². The maximum absolute atomic E-state index is 11.3. The second-order valence-electron chi connectivity index (χ2n) is 4.87. The highest BCUT2D eigenvalue weighted by atomic mass is 32.2. The van der Waals surface area contributed by atoms with Crippen molar-refractivity contribution >= 4 is 21.8 Å². The number of nitrogens with zero attached hydrogens (tertiary/aromatic N) is 2. The van der Waals surface area contributed by atoms with Crippen molar-refractivity contribution in [3.8, 4) is 0 Å². The molecule has 0 spiro atoms. The van der Waals surface area contributed by atoms with Crippen LogP contribution in [0.3, 0.4) is 0 Å². The lowest BCUT2D eigenvalue weighted by molar-refractivity contribution is 0.587. The fourth-order valence-electron chi connectivity index (χ4n) is 2.42. The zero-order valence-electron chi connectivity index (χ0n) is 11.0. The van der Waals surface area contributed by atoms with Crippen LogP contribution in [0.5, 0.6) is 0 Å². The Hall–Kier alpha value is -1.31. The van der Waals surface area contributed by atoms with Crippen molar-refractivity contribution in [3.05, 3.63) is 41.9 Å². The van der Waals surface area contributed by atoms with E-state index < -0.39 is 10.0 Å². The summed E-state index contributed by atoms with van der Waals surface area (Å²) in [7, 11) is -3.74. The minimum atomic E-state index is -3.74. The molecular weight excluding hydrogens is 294 g/mol. The van der Waals surface area contributed by atoms with Gasteiger partial charge in [0, 0.05) is 29.3 Å². The van der Waals surface area contributed by atoms with Gasteiger partial charge in [0.1, 0.15) is 5.82 Å². The highest BCUT2D eigenvalue weighted by molar-refractivity contribution is 7.99. The Kier molecular flexibility index (Phi) is 3.35. The molecule has 2 aromatic rings. The quantitative estimate of drug-likeness (QED) is 0.936. The van der Waals surface area contributed by atoms with E-state index in [1.165, 1.54) is 16.7 Å². The summed E-state index contributed by atoms with van der Waals surface area (Å²) < 4.78 is 24.5. The molecule has 2 N–H and O–H groups in total. The zero-order chi connectivity index (χ0) is 14.3. The van der Waals surface area contributed by atoms with Gasteiger partial charge in [-0.2, -0.15) is 0 Å². The van der Waals surface area contributed by atoms with Gasteiger partial charge in [-0.3, -0.25) is 0 Å². The van der Waals surface area contributed by atoms with Gasteiger partial charge in [0.25, 0.3) is 10.0 Å². The average molecular weight is 309 g/mol. The van der Waals surface area contributed by atoms with Crippen LogP contribution in [0, 0.1) is 6.92 Å². The van der Waals surface area contributed by atoms with Crippen LogP contribution in [-0.4, -0.2) is 23.7 Å². The molecule has 3 rings (SSSR count). The lowest BCUT2D eigenvalue weighted by atomic mass is 10.0. The van der Waals surface area contributed by atoms with Crippen LogP contribution < -0.4 is 5.14 Å². The number of rotatable bonds is 3. The predicted octanol–water partition coefficient (Wildman–Crippen LogP) is 1.73. The van der Waals surface area contributed by atoms with Gasteiger partial charge in [-0.05, 0) is 18.6 Å². The number of aromatic nitrogens is 2. The maximum atomic E-state index is 11.3. The van der Waals surface area contributed by atoms with E-state index in [0.29, 0.717) is 11.7 Å². The molecule has 0 amide bonds. The fourth-order valence-corrected chi connectivity index (χ4v) is 4.19. The number of hydrogen-bond acceptors (Lipinski definition) is 4. The summed E-state index contributed by atoms with van der Waals surface area (Å²) in [5.41, 5.74) is 1.32. The minimum absolute atomic E-state index is 0.0612. The molecule has 1 unspecified atom stereocenters. The van der Waals surface area contributed by atoms with E-state index in [1.54, 1.807) is 6.92 Å². The lowest BCUT2D eigenvalue weighted by Crippen LogP contribution is -2.12. The summed E-state index contributed by atoms with van der Waals surface area (Å²) in [5, 5.41) is 5.05. The Morgan fingerprint density at radius 3 is 2.90 bits per heavy atom. The van der Waals surface area contributed by atoms with Crippen LogP contribution in [0.4, 0.5) is 0 Å². The lowest BCUT2D eigenvalue weighted by Gasteiger charge is -2.12. The number of nitrogens with two attached hydrogens (primary N) is 1. The monoisotopic (exact) mass is 309 g/mol. The number of sulfonamides is 1. The Bertz CT molecular complexity index is 753. The first-order valence-electron chi connectivity index (χ1n) is 6.23. The van der Waals surface area contributed by atoms with Gasteiger partial charge in [-0.1, -0.05) is 18.2 Å². The van der Waals surface area contributed by atoms with E-state index in [1.807, 2.05) is 28.5 Å². The molecule has 7 heteroatoms. The van der Waals surface area contributed by atoms with Crippen LogP contribution in [0.25, 0.3) is 0 Å². The number of hydrogen-bond donors (Lipinski definition) is 1. The molecule has 0 bridgehead atoms. The molecule has 1 aromatic heterocycles. The molecule has 1 atom stereocenters. The number of benzene rings is 1. The first-order chi connectivity index (χ1) is 9.45. The Balaban J connectivity index is 1.88. The van der Waals surface area contributed by atoms with Crippen LogP contribution in [-0.2, 0) is 16.6 Å². The molecule has 20 heavy (non-hydrogen) atoms. The molecule has 1 aliphatic rings. The predicted molar refractivity (Wildman–Crippen MR) is 78.2 cm³/mol. The van der Waals surface area contributed by atoms with Crippen molar-refractivity contribution in [2.45, 2.75) is 29.3 Å². The van der Waals surface area contributed by atoms with Gasteiger partial charge in [0.2, 0.25) is 0 Å². The van der Waals surface area contributed by atoms with Crippen LogP contribution in [0.2, 0.25) is 0 Å². The summed E-state index contributed by atoms with van der Waals surface area (Å²) in [5.74, 6) is 2.04. The standard InChI is InChI=1S/C13H15N3O2S2/c1-9-15-13(20(14,17)18)7-16(9)6-10-8-19-12-5-3-2-4-11(10)12/h2-5,7,10H,6,8H2,1H3,(H2,14,17,18). The van der Waals surface area contributed by atoms with E-state index in [2.05, 4.69) is 17.1 Å². The summed E-state index contributed by atoms with van der Waals surface area (Å²) in [6.45, 7) is 2.51. The summed E-state index contributed by atoms with van der Waals surface area (Å²) in [4.78, 5) is 5.33. The van der Waals surface area contributed by atoms with Gasteiger partial charge in [0.15, 0.2) is 5.03 Å². The van der Waals surface area contributed by atoms with Crippen LogP contribution in [0.15, 0.2) is 40.4 Å². The Morgan fingerprint density at radius 2 is 2.20 bits per heavy atom. The SMILES string of the molecule is Cc1nc(S(N)(=O)=O)cn1CC1CSc2ccccc21. The van der Waals surface area contributed by atoms with E-state index in [4.69, 9.17) is 5.14 Å². The van der Waals surface area contributed by atoms with Crippen molar-refractivity contribution in [2.75, 3.05) is 5.75 Å².